The van der Waals surface area contributed by atoms with Crippen LogP contribution in [-0.4, -0.2) is 12.6 Å². The van der Waals surface area contributed by atoms with Gasteiger partial charge in [-0.05, 0) is 48.2 Å². The second kappa shape index (κ2) is 7.55. The molecule has 5 heteroatoms. The predicted molar refractivity (Wildman–Crippen MR) is 78.9 cm³/mol. The molecule has 0 aliphatic rings. The molecule has 0 unspecified atom stereocenters. The number of carbonyl (C=O) groups excluding carboxylic acids is 1. The van der Waals surface area contributed by atoms with E-state index < -0.39 is 0 Å². The lowest BCUT2D eigenvalue weighted by atomic mass is 10.1. The standard InChI is InChI=1S/C15H15FN2OS/c16-13-8-6-12(7-9-13)10-11-17-15(19)18-20-14-4-2-1-3-5-14/h1-9H,10-11H2,(H2,17,18,19). The van der Waals surface area contributed by atoms with Crippen LogP contribution in [0, 0.1) is 5.82 Å². The van der Waals surface area contributed by atoms with Crippen molar-refractivity contribution >= 4 is 18.0 Å². The van der Waals surface area contributed by atoms with E-state index in [9.17, 15) is 9.18 Å². The molecule has 0 radical (unpaired) electrons. The summed E-state index contributed by atoms with van der Waals surface area (Å²) in [4.78, 5) is 12.5. The minimum absolute atomic E-state index is 0.235. The van der Waals surface area contributed by atoms with Gasteiger partial charge in [-0.15, -0.1) is 0 Å². The van der Waals surface area contributed by atoms with Crippen molar-refractivity contribution in [2.24, 2.45) is 0 Å². The third kappa shape index (κ3) is 4.93. The fourth-order valence-corrected chi connectivity index (χ4v) is 2.18. The van der Waals surface area contributed by atoms with Crippen molar-refractivity contribution in [3.05, 3.63) is 66.0 Å². The van der Waals surface area contributed by atoms with Crippen LogP contribution in [0.4, 0.5) is 9.18 Å². The molecule has 0 fully saturated rings. The van der Waals surface area contributed by atoms with Gasteiger partial charge in [-0.2, -0.15) is 0 Å². The van der Waals surface area contributed by atoms with Crippen molar-refractivity contribution < 1.29 is 9.18 Å². The van der Waals surface area contributed by atoms with E-state index in [1.54, 1.807) is 12.1 Å². The molecule has 2 aromatic carbocycles. The second-order valence-electron chi connectivity index (χ2n) is 4.15. The second-order valence-corrected chi connectivity index (χ2v) is 5.03. The molecule has 0 aromatic heterocycles. The minimum Gasteiger partial charge on any atom is -0.337 e. The maximum absolute atomic E-state index is 12.7. The summed E-state index contributed by atoms with van der Waals surface area (Å²) in [6.45, 7) is 0.507. The van der Waals surface area contributed by atoms with Gasteiger partial charge in [0.25, 0.3) is 0 Å². The smallest absolute Gasteiger partial charge is 0.325 e. The normalized spacial score (nSPS) is 10.1. The Balaban J connectivity index is 1.66. The van der Waals surface area contributed by atoms with Crippen molar-refractivity contribution in [1.82, 2.24) is 10.0 Å². The Kier molecular flexibility index (Phi) is 5.43. The van der Waals surface area contributed by atoms with Crippen LogP contribution in [0.5, 0.6) is 0 Å². The molecule has 104 valence electrons. The summed E-state index contributed by atoms with van der Waals surface area (Å²) >= 11 is 1.27. The highest BCUT2D eigenvalue weighted by atomic mass is 32.2. The van der Waals surface area contributed by atoms with Crippen LogP contribution in [0.2, 0.25) is 0 Å². The molecule has 3 nitrogen and oxygen atoms in total. The van der Waals surface area contributed by atoms with E-state index in [0.29, 0.717) is 13.0 Å². The van der Waals surface area contributed by atoms with Gasteiger partial charge in [0.05, 0.1) is 0 Å². The Labute approximate surface area is 121 Å². The largest absolute Gasteiger partial charge is 0.337 e. The van der Waals surface area contributed by atoms with E-state index in [1.165, 1.54) is 24.1 Å². The summed E-state index contributed by atoms with van der Waals surface area (Å²) in [7, 11) is 0. The zero-order chi connectivity index (χ0) is 14.2. The summed E-state index contributed by atoms with van der Waals surface area (Å²) < 4.78 is 15.4. The Bertz CT molecular complexity index is 546. The van der Waals surface area contributed by atoms with Gasteiger partial charge < -0.3 is 5.32 Å². The maximum Gasteiger partial charge on any atom is 0.325 e. The van der Waals surface area contributed by atoms with Gasteiger partial charge >= 0.3 is 6.03 Å². The van der Waals surface area contributed by atoms with Crippen LogP contribution >= 0.6 is 11.9 Å². The predicted octanol–water partition coefficient (Wildman–Crippen LogP) is 3.37. The number of amides is 2. The Morgan fingerprint density at radius 2 is 1.75 bits per heavy atom. The molecule has 2 rings (SSSR count). The molecule has 0 spiro atoms. The third-order valence-corrected chi connectivity index (χ3v) is 3.41. The highest BCUT2D eigenvalue weighted by Gasteiger charge is 2.01. The van der Waals surface area contributed by atoms with E-state index in [2.05, 4.69) is 10.0 Å². The van der Waals surface area contributed by atoms with Gasteiger partial charge in [0.2, 0.25) is 0 Å². The maximum atomic E-state index is 12.7. The first-order valence-electron chi connectivity index (χ1n) is 6.24. The number of hydrogen-bond donors (Lipinski definition) is 2. The first kappa shape index (κ1) is 14.4. The quantitative estimate of drug-likeness (QED) is 0.829. The van der Waals surface area contributed by atoms with Crippen LogP contribution in [0.15, 0.2) is 59.5 Å². The van der Waals surface area contributed by atoms with Crippen molar-refractivity contribution in [2.45, 2.75) is 11.3 Å². The summed E-state index contributed by atoms with van der Waals surface area (Å²) in [6.07, 6.45) is 0.670. The lowest BCUT2D eigenvalue weighted by molar-refractivity contribution is 0.246. The average molecular weight is 290 g/mol. The van der Waals surface area contributed by atoms with Gasteiger partial charge in [0, 0.05) is 11.4 Å². The Morgan fingerprint density at radius 1 is 1.05 bits per heavy atom. The molecular formula is C15H15FN2OS. The topological polar surface area (TPSA) is 41.1 Å². The molecule has 2 N–H and O–H groups in total. The Hall–Kier alpha value is -2.01. The van der Waals surface area contributed by atoms with Gasteiger partial charge in [-0.25, -0.2) is 9.18 Å². The summed E-state index contributed by atoms with van der Waals surface area (Å²) in [5.41, 5.74) is 0.988. The first-order valence-corrected chi connectivity index (χ1v) is 7.06. The number of nitrogens with one attached hydrogen (secondary N) is 2. The van der Waals surface area contributed by atoms with Crippen LogP contribution < -0.4 is 10.0 Å². The van der Waals surface area contributed by atoms with Gasteiger partial charge in [-0.3, -0.25) is 4.72 Å². The Morgan fingerprint density at radius 3 is 2.45 bits per heavy atom. The zero-order valence-electron chi connectivity index (χ0n) is 10.8. The van der Waals surface area contributed by atoms with Gasteiger partial charge in [0.1, 0.15) is 5.82 Å². The molecule has 0 saturated carbocycles. The molecule has 0 atom stereocenters. The number of halogens is 1. The molecule has 0 saturated heterocycles. The fraction of sp³-hybridized carbons (Fsp3) is 0.133. The van der Waals surface area contributed by atoms with Crippen LogP contribution in [0.25, 0.3) is 0 Å². The molecular weight excluding hydrogens is 275 g/mol. The summed E-state index contributed by atoms with van der Waals surface area (Å²) in [5.74, 6) is -0.251. The van der Waals surface area contributed by atoms with E-state index in [4.69, 9.17) is 0 Å². The SMILES string of the molecule is O=C(NCCc1ccc(F)cc1)NSc1ccccc1. The van der Waals surface area contributed by atoms with E-state index >= 15 is 0 Å². The third-order valence-electron chi connectivity index (χ3n) is 2.62. The summed E-state index contributed by atoms with van der Waals surface area (Å²) in [6, 6.07) is 15.6. The number of carbonyl (C=O) groups is 1. The van der Waals surface area contributed by atoms with Gasteiger partial charge in [0.15, 0.2) is 0 Å². The molecule has 0 aliphatic heterocycles. The highest BCUT2D eigenvalue weighted by Crippen LogP contribution is 2.12. The van der Waals surface area contributed by atoms with Crippen molar-refractivity contribution in [1.29, 1.82) is 0 Å². The van der Waals surface area contributed by atoms with Crippen LogP contribution in [0.3, 0.4) is 0 Å². The molecule has 0 aliphatic carbocycles. The van der Waals surface area contributed by atoms with E-state index in [1.807, 2.05) is 30.3 Å². The average Bonchev–Trinajstić information content (AvgIpc) is 2.48. The summed E-state index contributed by atoms with van der Waals surface area (Å²) in [5, 5.41) is 2.75. The number of urea groups is 1. The monoisotopic (exact) mass is 290 g/mol. The van der Waals surface area contributed by atoms with Crippen molar-refractivity contribution in [3.63, 3.8) is 0 Å². The first-order chi connectivity index (χ1) is 9.74. The van der Waals surface area contributed by atoms with Crippen LogP contribution in [-0.2, 0) is 6.42 Å². The minimum atomic E-state index is -0.251. The van der Waals surface area contributed by atoms with Crippen LogP contribution in [0.1, 0.15) is 5.56 Å². The fourth-order valence-electron chi connectivity index (χ4n) is 1.60. The molecule has 2 amide bonds. The highest BCUT2D eigenvalue weighted by molar-refractivity contribution is 7.98. The number of rotatable bonds is 5. The lowest BCUT2D eigenvalue weighted by Gasteiger charge is -2.07. The zero-order valence-corrected chi connectivity index (χ0v) is 11.6. The molecule has 20 heavy (non-hydrogen) atoms. The molecule has 0 heterocycles. The van der Waals surface area contributed by atoms with Gasteiger partial charge in [-0.1, -0.05) is 30.3 Å². The lowest BCUT2D eigenvalue weighted by Crippen LogP contribution is -2.32. The van der Waals surface area contributed by atoms with Crippen molar-refractivity contribution in [2.75, 3.05) is 6.54 Å². The number of benzene rings is 2. The van der Waals surface area contributed by atoms with E-state index in [-0.39, 0.29) is 11.8 Å². The number of hydrogen-bond acceptors (Lipinski definition) is 2. The van der Waals surface area contributed by atoms with Crippen molar-refractivity contribution in [3.8, 4) is 0 Å². The molecule has 0 bridgehead atoms. The molecule has 2 aromatic rings. The van der Waals surface area contributed by atoms with E-state index in [0.717, 1.165) is 10.5 Å².